The molecule has 0 saturated carbocycles. The van der Waals surface area contributed by atoms with Gasteiger partial charge in [-0.15, -0.1) is 0 Å². The van der Waals surface area contributed by atoms with Gasteiger partial charge in [-0.25, -0.2) is 4.79 Å². The predicted octanol–water partition coefficient (Wildman–Crippen LogP) is 2.91. The van der Waals surface area contributed by atoms with Gasteiger partial charge in [-0.2, -0.15) is 0 Å². The number of para-hydroxylation sites is 1. The van der Waals surface area contributed by atoms with E-state index in [-0.39, 0.29) is 0 Å². The molecular weight excluding hydrogens is 204 g/mol. The summed E-state index contributed by atoms with van der Waals surface area (Å²) in [4.78, 5) is 11.1. The zero-order valence-electron chi connectivity index (χ0n) is 9.82. The van der Waals surface area contributed by atoms with Crippen LogP contribution in [0.25, 0.3) is 0 Å². The molecule has 0 heterocycles. The third-order valence-electron chi connectivity index (χ3n) is 2.21. The molecule has 0 aliphatic carbocycles. The van der Waals surface area contributed by atoms with E-state index in [4.69, 9.17) is 9.47 Å². The van der Waals surface area contributed by atoms with E-state index in [0.29, 0.717) is 17.4 Å². The molecular formula is C13H16O3. The molecule has 1 aromatic carbocycles. The predicted molar refractivity (Wildman–Crippen MR) is 62.9 cm³/mol. The minimum Gasteiger partial charge on any atom is -0.493 e. The monoisotopic (exact) mass is 220 g/mol. The molecule has 0 aromatic heterocycles. The number of hydrogen-bond donors (Lipinski definition) is 0. The topological polar surface area (TPSA) is 35.5 Å². The number of carbonyl (C=O) groups excluding carboxylic acids is 1. The maximum absolute atomic E-state index is 11.1. The molecule has 0 aliphatic heterocycles. The summed E-state index contributed by atoms with van der Waals surface area (Å²) in [6, 6.07) is 5.49. The quantitative estimate of drug-likeness (QED) is 0.444. The van der Waals surface area contributed by atoms with Crippen LogP contribution in [0.2, 0.25) is 0 Å². The Hall–Kier alpha value is -1.77. The summed E-state index contributed by atoms with van der Waals surface area (Å²) < 4.78 is 10.4. The molecule has 1 aromatic rings. The van der Waals surface area contributed by atoms with Crippen LogP contribution >= 0.6 is 0 Å². The Morgan fingerprint density at radius 3 is 2.62 bits per heavy atom. The molecule has 0 amide bonds. The van der Waals surface area contributed by atoms with Crippen LogP contribution in [0.1, 0.15) is 25.3 Å². The van der Waals surface area contributed by atoms with E-state index in [1.165, 1.54) is 0 Å². The van der Waals surface area contributed by atoms with Gasteiger partial charge in [-0.05, 0) is 12.0 Å². The highest BCUT2D eigenvalue weighted by molar-refractivity contribution is 5.84. The zero-order valence-corrected chi connectivity index (χ0v) is 9.82. The second-order valence-corrected chi connectivity index (χ2v) is 3.66. The summed E-state index contributed by atoms with van der Waals surface area (Å²) >= 11 is 0. The fraction of sp³-hybridized carbons (Fsp3) is 0.308. The van der Waals surface area contributed by atoms with E-state index in [2.05, 4.69) is 20.4 Å². The van der Waals surface area contributed by atoms with E-state index in [1.807, 2.05) is 12.1 Å². The molecule has 0 radical (unpaired) electrons. The van der Waals surface area contributed by atoms with Crippen LogP contribution < -0.4 is 9.47 Å². The van der Waals surface area contributed by atoms with Crippen LogP contribution in [0.15, 0.2) is 30.9 Å². The van der Waals surface area contributed by atoms with Gasteiger partial charge in [0, 0.05) is 11.6 Å². The highest BCUT2D eigenvalue weighted by atomic mass is 16.6. The van der Waals surface area contributed by atoms with Crippen LogP contribution in [0.5, 0.6) is 11.5 Å². The van der Waals surface area contributed by atoms with Crippen LogP contribution in [-0.4, -0.2) is 13.1 Å². The molecule has 0 N–H and O–H groups in total. The highest BCUT2D eigenvalue weighted by Crippen LogP contribution is 2.35. The maximum Gasteiger partial charge on any atom is 0.335 e. The molecule has 0 atom stereocenters. The smallest absolute Gasteiger partial charge is 0.335 e. The van der Waals surface area contributed by atoms with Crippen molar-refractivity contribution in [2.75, 3.05) is 7.11 Å². The van der Waals surface area contributed by atoms with Crippen molar-refractivity contribution in [1.29, 1.82) is 0 Å². The van der Waals surface area contributed by atoms with Crippen molar-refractivity contribution < 1.29 is 14.3 Å². The molecule has 3 nitrogen and oxygen atoms in total. The number of carbonyl (C=O) groups is 1. The zero-order chi connectivity index (χ0) is 12.1. The van der Waals surface area contributed by atoms with Gasteiger partial charge in [0.1, 0.15) is 0 Å². The Morgan fingerprint density at radius 1 is 1.44 bits per heavy atom. The average molecular weight is 220 g/mol. The SMILES string of the molecule is C=CC(=O)Oc1cccc(C(C)C)c1OC. The minimum absolute atomic E-state index is 0.303. The van der Waals surface area contributed by atoms with Crippen LogP contribution in [0.3, 0.4) is 0 Å². The summed E-state index contributed by atoms with van der Waals surface area (Å²) in [7, 11) is 1.56. The Balaban J connectivity index is 3.13. The third-order valence-corrected chi connectivity index (χ3v) is 2.21. The molecule has 16 heavy (non-hydrogen) atoms. The van der Waals surface area contributed by atoms with Crippen molar-refractivity contribution >= 4 is 5.97 Å². The van der Waals surface area contributed by atoms with Crippen molar-refractivity contribution in [3.8, 4) is 11.5 Å². The molecule has 1 rings (SSSR count). The van der Waals surface area contributed by atoms with Crippen molar-refractivity contribution in [3.05, 3.63) is 36.4 Å². The number of benzene rings is 1. The first-order chi connectivity index (χ1) is 7.60. The molecule has 0 spiro atoms. The normalized spacial score (nSPS) is 10.0. The summed E-state index contributed by atoms with van der Waals surface area (Å²) in [5.74, 6) is 0.850. The first kappa shape index (κ1) is 12.3. The largest absolute Gasteiger partial charge is 0.493 e. The molecule has 0 unspecified atom stereocenters. The van der Waals surface area contributed by atoms with Crippen molar-refractivity contribution in [3.63, 3.8) is 0 Å². The Bertz CT molecular complexity index is 394. The summed E-state index contributed by atoms with van der Waals surface area (Å²) in [6.07, 6.45) is 1.13. The number of ether oxygens (including phenoxy) is 2. The molecule has 0 bridgehead atoms. The first-order valence-electron chi connectivity index (χ1n) is 5.11. The molecule has 86 valence electrons. The van der Waals surface area contributed by atoms with Crippen molar-refractivity contribution in [2.45, 2.75) is 19.8 Å². The number of hydrogen-bond acceptors (Lipinski definition) is 3. The lowest BCUT2D eigenvalue weighted by atomic mass is 10.0. The molecule has 0 fully saturated rings. The second kappa shape index (κ2) is 5.35. The molecule has 0 saturated heterocycles. The van der Waals surface area contributed by atoms with Gasteiger partial charge in [0.25, 0.3) is 0 Å². The summed E-state index contributed by atoms with van der Waals surface area (Å²) in [6.45, 7) is 7.46. The van der Waals surface area contributed by atoms with Crippen molar-refractivity contribution in [2.24, 2.45) is 0 Å². The fourth-order valence-corrected chi connectivity index (χ4v) is 1.44. The lowest BCUT2D eigenvalue weighted by molar-refractivity contribution is -0.129. The first-order valence-corrected chi connectivity index (χ1v) is 5.11. The van der Waals surface area contributed by atoms with Gasteiger partial charge in [-0.1, -0.05) is 32.6 Å². The number of rotatable bonds is 4. The van der Waals surface area contributed by atoms with E-state index >= 15 is 0 Å². The van der Waals surface area contributed by atoms with Crippen LogP contribution in [-0.2, 0) is 4.79 Å². The minimum atomic E-state index is -0.487. The van der Waals surface area contributed by atoms with Crippen molar-refractivity contribution in [1.82, 2.24) is 0 Å². The van der Waals surface area contributed by atoms with Gasteiger partial charge in [0.05, 0.1) is 7.11 Å². The Morgan fingerprint density at radius 2 is 2.12 bits per heavy atom. The van der Waals surface area contributed by atoms with E-state index in [0.717, 1.165) is 11.6 Å². The lowest BCUT2D eigenvalue weighted by Crippen LogP contribution is -2.06. The van der Waals surface area contributed by atoms with Gasteiger partial charge in [0.2, 0.25) is 0 Å². The standard InChI is InChI=1S/C13H16O3/c1-5-12(14)16-11-8-6-7-10(9(2)3)13(11)15-4/h5-9H,1H2,2-4H3. The number of methoxy groups -OCH3 is 1. The van der Waals surface area contributed by atoms with Gasteiger partial charge < -0.3 is 9.47 Å². The van der Waals surface area contributed by atoms with E-state index in [9.17, 15) is 4.79 Å². The van der Waals surface area contributed by atoms with E-state index in [1.54, 1.807) is 13.2 Å². The highest BCUT2D eigenvalue weighted by Gasteiger charge is 2.14. The molecule has 0 aliphatic rings. The number of esters is 1. The lowest BCUT2D eigenvalue weighted by Gasteiger charge is -2.14. The summed E-state index contributed by atoms with van der Waals surface area (Å²) in [5.41, 5.74) is 1.01. The van der Waals surface area contributed by atoms with Gasteiger partial charge in [-0.3, -0.25) is 0 Å². The van der Waals surface area contributed by atoms with Gasteiger partial charge in [0.15, 0.2) is 11.5 Å². The Labute approximate surface area is 95.7 Å². The summed E-state index contributed by atoms with van der Waals surface area (Å²) in [5, 5.41) is 0. The molecule has 3 heteroatoms. The van der Waals surface area contributed by atoms with Crippen LogP contribution in [0.4, 0.5) is 0 Å². The Kier molecular flexibility index (Phi) is 4.11. The van der Waals surface area contributed by atoms with Crippen LogP contribution in [0, 0.1) is 0 Å². The third kappa shape index (κ3) is 2.63. The second-order valence-electron chi connectivity index (χ2n) is 3.66. The van der Waals surface area contributed by atoms with Gasteiger partial charge >= 0.3 is 5.97 Å². The maximum atomic E-state index is 11.1. The average Bonchev–Trinajstić information content (AvgIpc) is 2.28. The van der Waals surface area contributed by atoms with E-state index < -0.39 is 5.97 Å². The fourth-order valence-electron chi connectivity index (χ4n) is 1.44.